The molecule has 0 aliphatic rings. The molecule has 4 N–H and O–H groups in total. The van der Waals surface area contributed by atoms with E-state index in [0.717, 1.165) is 28.7 Å². The Morgan fingerprint density at radius 2 is 1.88 bits per heavy atom. The highest BCUT2D eigenvalue weighted by atomic mass is 19.1. The molecule has 8 nitrogen and oxygen atoms in total. The van der Waals surface area contributed by atoms with Crippen LogP contribution in [0.15, 0.2) is 85.3 Å². The van der Waals surface area contributed by atoms with Gasteiger partial charge in [0.05, 0.1) is 29.0 Å². The van der Waals surface area contributed by atoms with E-state index in [9.17, 15) is 9.18 Å². The molecule has 0 atom stereocenters. The zero-order valence-corrected chi connectivity index (χ0v) is 17.9. The van der Waals surface area contributed by atoms with Gasteiger partial charge in [0.15, 0.2) is 0 Å². The number of aromatic nitrogens is 4. The standard InChI is InChI=1S/C25H20FN7O/c26-18-8-9-20(19(27)13-18)31-24(34)17-6-4-16(5-7-17)14-30-25-28-11-10-21(32-25)22-15-29-23-3-1-2-12-33(22)23/h1-13,15H,14,27H2,(H,31,34)(H,28,30,32). The molecule has 3 heterocycles. The smallest absolute Gasteiger partial charge is 0.255 e. The highest BCUT2D eigenvalue weighted by Crippen LogP contribution is 2.21. The van der Waals surface area contributed by atoms with Crippen molar-refractivity contribution in [2.75, 3.05) is 16.4 Å². The number of halogens is 1. The van der Waals surface area contributed by atoms with Crippen molar-refractivity contribution in [3.8, 4) is 11.4 Å². The van der Waals surface area contributed by atoms with Crippen LogP contribution in [-0.2, 0) is 6.54 Å². The topological polar surface area (TPSA) is 110 Å². The molecule has 0 fully saturated rings. The van der Waals surface area contributed by atoms with Gasteiger partial charge in [-0.1, -0.05) is 18.2 Å². The van der Waals surface area contributed by atoms with E-state index in [2.05, 4.69) is 25.6 Å². The summed E-state index contributed by atoms with van der Waals surface area (Å²) in [6.07, 6.45) is 5.42. The second-order valence-corrected chi connectivity index (χ2v) is 7.57. The van der Waals surface area contributed by atoms with Crippen LogP contribution in [0.3, 0.4) is 0 Å². The number of benzene rings is 2. The van der Waals surface area contributed by atoms with Crippen molar-refractivity contribution in [2.24, 2.45) is 0 Å². The fraction of sp³-hybridized carbons (Fsp3) is 0.0400. The van der Waals surface area contributed by atoms with E-state index in [0.29, 0.717) is 23.7 Å². The van der Waals surface area contributed by atoms with Crippen LogP contribution in [0.2, 0.25) is 0 Å². The Bertz CT molecular complexity index is 1480. The van der Waals surface area contributed by atoms with Crippen LogP contribution >= 0.6 is 0 Å². The van der Waals surface area contributed by atoms with E-state index in [1.807, 2.05) is 47.0 Å². The van der Waals surface area contributed by atoms with Crippen LogP contribution < -0.4 is 16.4 Å². The number of nitrogens with two attached hydrogens (primary N) is 1. The lowest BCUT2D eigenvalue weighted by Crippen LogP contribution is -2.13. The van der Waals surface area contributed by atoms with Crippen molar-refractivity contribution in [3.05, 3.63) is 102 Å². The summed E-state index contributed by atoms with van der Waals surface area (Å²) < 4.78 is 15.2. The molecule has 5 rings (SSSR count). The highest BCUT2D eigenvalue weighted by molar-refractivity contribution is 6.05. The summed E-state index contributed by atoms with van der Waals surface area (Å²) >= 11 is 0. The first-order valence-electron chi connectivity index (χ1n) is 10.5. The summed E-state index contributed by atoms with van der Waals surface area (Å²) in [6, 6.07) is 18.6. The number of carbonyl (C=O) groups is 1. The van der Waals surface area contributed by atoms with Gasteiger partial charge in [0, 0.05) is 24.5 Å². The largest absolute Gasteiger partial charge is 0.397 e. The lowest BCUT2D eigenvalue weighted by molar-refractivity contribution is 0.102. The Kier molecular flexibility index (Phi) is 5.57. The highest BCUT2D eigenvalue weighted by Gasteiger charge is 2.10. The minimum Gasteiger partial charge on any atom is -0.397 e. The molecule has 2 aromatic carbocycles. The molecular formula is C25H20FN7O. The molecular weight excluding hydrogens is 433 g/mol. The number of imidazole rings is 1. The molecule has 34 heavy (non-hydrogen) atoms. The molecule has 5 aromatic rings. The van der Waals surface area contributed by atoms with Gasteiger partial charge in [-0.25, -0.2) is 19.3 Å². The lowest BCUT2D eigenvalue weighted by Gasteiger charge is -2.09. The number of pyridine rings is 1. The van der Waals surface area contributed by atoms with E-state index in [4.69, 9.17) is 5.73 Å². The summed E-state index contributed by atoms with van der Waals surface area (Å²) in [6.45, 7) is 0.476. The van der Waals surface area contributed by atoms with Crippen LogP contribution in [-0.4, -0.2) is 25.3 Å². The van der Waals surface area contributed by atoms with Gasteiger partial charge >= 0.3 is 0 Å². The second kappa shape index (κ2) is 8.99. The average molecular weight is 453 g/mol. The van der Waals surface area contributed by atoms with Crippen molar-refractivity contribution in [1.82, 2.24) is 19.4 Å². The number of rotatable bonds is 6. The van der Waals surface area contributed by atoms with Gasteiger partial charge in [-0.15, -0.1) is 0 Å². The summed E-state index contributed by atoms with van der Waals surface area (Å²) in [4.78, 5) is 25.8. The van der Waals surface area contributed by atoms with Gasteiger partial charge in [-0.2, -0.15) is 0 Å². The van der Waals surface area contributed by atoms with E-state index < -0.39 is 5.82 Å². The molecule has 3 aromatic heterocycles. The van der Waals surface area contributed by atoms with Gasteiger partial charge in [0.2, 0.25) is 5.95 Å². The molecule has 0 radical (unpaired) electrons. The van der Waals surface area contributed by atoms with E-state index >= 15 is 0 Å². The fourth-order valence-corrected chi connectivity index (χ4v) is 3.51. The van der Waals surface area contributed by atoms with Crippen LogP contribution in [0, 0.1) is 5.82 Å². The predicted octanol–water partition coefficient (Wildman–Crippen LogP) is 4.38. The van der Waals surface area contributed by atoms with Crippen molar-refractivity contribution < 1.29 is 9.18 Å². The zero-order chi connectivity index (χ0) is 23.5. The first kappa shape index (κ1) is 21.1. The molecule has 0 saturated carbocycles. The number of nitrogens with one attached hydrogen (secondary N) is 2. The Labute approximate surface area is 194 Å². The first-order valence-corrected chi connectivity index (χ1v) is 10.5. The quantitative estimate of drug-likeness (QED) is 0.329. The van der Waals surface area contributed by atoms with Crippen LogP contribution in [0.25, 0.3) is 17.0 Å². The lowest BCUT2D eigenvalue weighted by atomic mass is 10.1. The number of hydrogen-bond acceptors (Lipinski definition) is 6. The molecule has 1 amide bonds. The van der Waals surface area contributed by atoms with Crippen LogP contribution in [0.1, 0.15) is 15.9 Å². The van der Waals surface area contributed by atoms with Crippen molar-refractivity contribution in [2.45, 2.75) is 6.54 Å². The zero-order valence-electron chi connectivity index (χ0n) is 17.9. The number of carbonyl (C=O) groups excluding carboxylic acids is 1. The first-order chi connectivity index (χ1) is 16.6. The predicted molar refractivity (Wildman–Crippen MR) is 129 cm³/mol. The maximum Gasteiger partial charge on any atom is 0.255 e. The Morgan fingerprint density at radius 1 is 1.03 bits per heavy atom. The Morgan fingerprint density at radius 3 is 2.71 bits per heavy atom. The number of anilines is 3. The molecule has 0 bridgehead atoms. The van der Waals surface area contributed by atoms with E-state index in [1.54, 1.807) is 24.5 Å². The second-order valence-electron chi connectivity index (χ2n) is 7.57. The monoisotopic (exact) mass is 453 g/mol. The molecule has 0 aliphatic heterocycles. The third-order valence-corrected chi connectivity index (χ3v) is 5.26. The minimum atomic E-state index is -0.458. The number of fused-ring (bicyclic) bond motifs is 1. The van der Waals surface area contributed by atoms with Crippen molar-refractivity contribution in [3.63, 3.8) is 0 Å². The van der Waals surface area contributed by atoms with Crippen LogP contribution in [0.4, 0.5) is 21.7 Å². The fourth-order valence-electron chi connectivity index (χ4n) is 3.51. The number of hydrogen-bond donors (Lipinski definition) is 3. The van der Waals surface area contributed by atoms with Crippen LogP contribution in [0.5, 0.6) is 0 Å². The molecule has 168 valence electrons. The Hall–Kier alpha value is -4.79. The summed E-state index contributed by atoms with van der Waals surface area (Å²) in [7, 11) is 0. The van der Waals surface area contributed by atoms with Gasteiger partial charge < -0.3 is 16.4 Å². The Balaban J connectivity index is 1.24. The number of nitrogens with zero attached hydrogens (tertiary/aromatic N) is 4. The third-order valence-electron chi connectivity index (χ3n) is 5.26. The molecule has 0 unspecified atom stereocenters. The normalized spacial score (nSPS) is 10.9. The van der Waals surface area contributed by atoms with E-state index in [1.165, 1.54) is 12.1 Å². The average Bonchev–Trinajstić information content (AvgIpc) is 3.29. The molecule has 0 saturated heterocycles. The molecule has 0 aliphatic carbocycles. The summed E-state index contributed by atoms with van der Waals surface area (Å²) in [5.74, 6) is -0.306. The van der Waals surface area contributed by atoms with Crippen molar-refractivity contribution >= 4 is 28.9 Å². The van der Waals surface area contributed by atoms with Gasteiger partial charge in [-0.3, -0.25) is 9.20 Å². The number of amides is 1. The molecule has 9 heteroatoms. The van der Waals surface area contributed by atoms with Gasteiger partial charge in [-0.05, 0) is 54.1 Å². The minimum absolute atomic E-state index is 0.167. The summed E-state index contributed by atoms with van der Waals surface area (Å²) in [5.41, 5.74) is 10.2. The van der Waals surface area contributed by atoms with Gasteiger partial charge in [0.25, 0.3) is 5.91 Å². The molecule has 0 spiro atoms. The third kappa shape index (κ3) is 4.40. The maximum atomic E-state index is 13.2. The van der Waals surface area contributed by atoms with E-state index in [-0.39, 0.29) is 11.6 Å². The van der Waals surface area contributed by atoms with Crippen molar-refractivity contribution in [1.29, 1.82) is 0 Å². The SMILES string of the molecule is Nc1cc(F)ccc1NC(=O)c1ccc(CNc2nccc(-c3cnc4ccccn34)n2)cc1. The number of nitrogen functional groups attached to an aromatic ring is 1. The van der Waals surface area contributed by atoms with Gasteiger partial charge in [0.1, 0.15) is 11.5 Å². The summed E-state index contributed by atoms with van der Waals surface area (Å²) in [5, 5.41) is 5.90. The maximum absolute atomic E-state index is 13.2.